The Labute approximate surface area is 235 Å². The topological polar surface area (TPSA) is 123 Å². The number of benzene rings is 3. The summed E-state index contributed by atoms with van der Waals surface area (Å²) >= 11 is 8.28. The second kappa shape index (κ2) is 13.5. The molecule has 3 rings (SSSR count). The molecule has 0 aliphatic heterocycles. The molecule has 0 unspecified atom stereocenters. The predicted molar refractivity (Wildman–Crippen MR) is 154 cm³/mol. The molecular weight excluding hydrogens is 626 g/mol. The molecule has 2 amide bonds. The first-order chi connectivity index (χ1) is 17.7. The summed E-state index contributed by atoms with van der Waals surface area (Å²) in [7, 11) is 1.40. The highest BCUT2D eigenvalue weighted by atomic mass is 79.9. The number of ether oxygens (including phenoxy) is 2. The second-order valence-electron chi connectivity index (χ2n) is 7.64. The number of aromatic hydroxyl groups is 1. The van der Waals surface area contributed by atoms with E-state index in [2.05, 4.69) is 42.5 Å². The van der Waals surface area contributed by atoms with E-state index >= 15 is 0 Å². The lowest BCUT2D eigenvalue weighted by atomic mass is 10.0. The van der Waals surface area contributed by atoms with Gasteiger partial charge in [0.25, 0.3) is 0 Å². The summed E-state index contributed by atoms with van der Waals surface area (Å²) in [5, 5.41) is 16.1. The van der Waals surface area contributed by atoms with Gasteiger partial charge < -0.3 is 25.6 Å². The number of nitrogens with one attached hydrogen (secondary N) is 2. The van der Waals surface area contributed by atoms with Crippen molar-refractivity contribution in [1.29, 1.82) is 0 Å². The monoisotopic (exact) mass is 649 g/mol. The van der Waals surface area contributed by atoms with Gasteiger partial charge in [0.05, 0.1) is 15.8 Å². The Kier molecular flexibility index (Phi) is 10.4. The van der Waals surface area contributed by atoms with Gasteiger partial charge >= 0.3 is 6.09 Å². The van der Waals surface area contributed by atoms with Gasteiger partial charge in [0.1, 0.15) is 11.9 Å². The third-order valence-electron chi connectivity index (χ3n) is 5.16. The Morgan fingerprint density at radius 2 is 1.78 bits per heavy atom. The zero-order valence-electron chi connectivity index (χ0n) is 19.9. The number of rotatable bonds is 9. The Morgan fingerprint density at radius 1 is 1.08 bits per heavy atom. The number of nitrogens with two attached hydrogens (primary N) is 1. The molecule has 11 heteroatoms. The average molecular weight is 651 g/mol. The summed E-state index contributed by atoms with van der Waals surface area (Å²) in [4.78, 5) is 26.4. The van der Waals surface area contributed by atoms with Crippen molar-refractivity contribution in [2.75, 3.05) is 29.7 Å². The number of hydrogen-bond donors (Lipinski definition) is 4. The standard InChI is InChI=1S/C26H25Br2N3O5S/c1-35-22(11-12-23(32)31-21-6-4-3-5-20(21)29)25(18-13-15(27)14-19(28)24(18)33)36-26(34)30-16-7-9-17(37-2)10-8-16/h3-14,22,25,33H,29H2,1-2H3,(H,30,34)(H,31,32)/b12-11+/t22-,25-/m0/s1. The van der Waals surface area contributed by atoms with Crippen molar-refractivity contribution in [1.82, 2.24) is 0 Å². The van der Waals surface area contributed by atoms with Gasteiger partial charge in [0.2, 0.25) is 5.91 Å². The van der Waals surface area contributed by atoms with Crippen LogP contribution in [0.3, 0.4) is 0 Å². The van der Waals surface area contributed by atoms with Gasteiger partial charge in [-0.3, -0.25) is 10.1 Å². The summed E-state index contributed by atoms with van der Waals surface area (Å²) < 4.78 is 12.3. The molecule has 5 N–H and O–H groups in total. The molecule has 0 saturated heterocycles. The number of amides is 2. The number of phenolic OH excluding ortho intramolecular Hbond substituents is 1. The molecule has 0 saturated carbocycles. The highest BCUT2D eigenvalue weighted by Crippen LogP contribution is 2.39. The molecule has 194 valence electrons. The van der Waals surface area contributed by atoms with Crippen LogP contribution in [0.25, 0.3) is 0 Å². The third-order valence-corrected chi connectivity index (χ3v) is 6.97. The maximum Gasteiger partial charge on any atom is 0.412 e. The number of hydrogen-bond acceptors (Lipinski definition) is 7. The van der Waals surface area contributed by atoms with Crippen LogP contribution in [0, 0.1) is 0 Å². The van der Waals surface area contributed by atoms with Crippen molar-refractivity contribution in [3.8, 4) is 5.75 Å². The fourth-order valence-electron chi connectivity index (χ4n) is 3.32. The van der Waals surface area contributed by atoms with Crippen molar-refractivity contribution in [3.05, 3.63) is 87.3 Å². The van der Waals surface area contributed by atoms with Crippen molar-refractivity contribution >= 4 is 72.7 Å². The van der Waals surface area contributed by atoms with Gasteiger partial charge in [0.15, 0.2) is 6.10 Å². The molecule has 37 heavy (non-hydrogen) atoms. The van der Waals surface area contributed by atoms with Gasteiger partial charge in [-0.25, -0.2) is 4.79 Å². The Bertz CT molecular complexity index is 1290. The van der Waals surface area contributed by atoms with Crippen molar-refractivity contribution < 1.29 is 24.2 Å². The molecule has 3 aromatic carbocycles. The number of anilines is 3. The zero-order valence-corrected chi connectivity index (χ0v) is 23.9. The van der Waals surface area contributed by atoms with Crippen LogP contribution in [0.4, 0.5) is 21.9 Å². The lowest BCUT2D eigenvalue weighted by Crippen LogP contribution is -2.27. The molecule has 8 nitrogen and oxygen atoms in total. The van der Waals surface area contributed by atoms with E-state index in [1.54, 1.807) is 60.3 Å². The summed E-state index contributed by atoms with van der Waals surface area (Å²) in [6.07, 6.45) is 1.82. The van der Waals surface area contributed by atoms with Gasteiger partial charge in [-0.05, 0) is 76.8 Å². The first kappa shape index (κ1) is 28.6. The van der Waals surface area contributed by atoms with Gasteiger partial charge in [-0.15, -0.1) is 11.8 Å². The maximum atomic E-state index is 12.9. The number of methoxy groups -OCH3 is 1. The van der Waals surface area contributed by atoms with Crippen molar-refractivity contribution in [3.63, 3.8) is 0 Å². The largest absolute Gasteiger partial charge is 0.506 e. The Balaban J connectivity index is 1.86. The number of halogens is 2. The first-order valence-electron chi connectivity index (χ1n) is 10.9. The minimum atomic E-state index is -1.12. The fraction of sp³-hybridized carbons (Fsp3) is 0.154. The number of carbonyl (C=O) groups is 2. The first-order valence-corrected chi connectivity index (χ1v) is 13.7. The van der Waals surface area contributed by atoms with Crippen LogP contribution >= 0.6 is 43.6 Å². The van der Waals surface area contributed by atoms with Crippen LogP contribution in [0.2, 0.25) is 0 Å². The van der Waals surface area contributed by atoms with Crippen LogP contribution in [0.15, 0.2) is 86.7 Å². The molecule has 0 aliphatic rings. The molecule has 0 aliphatic carbocycles. The number of thioether (sulfide) groups is 1. The van der Waals surface area contributed by atoms with Crippen molar-refractivity contribution in [2.45, 2.75) is 17.1 Å². The molecule has 0 bridgehead atoms. The van der Waals surface area contributed by atoms with Crippen LogP contribution in [0.1, 0.15) is 11.7 Å². The molecule has 3 aromatic rings. The molecule has 0 aromatic heterocycles. The van der Waals surface area contributed by atoms with E-state index in [4.69, 9.17) is 15.2 Å². The maximum absolute atomic E-state index is 12.9. The molecule has 2 atom stereocenters. The van der Waals surface area contributed by atoms with E-state index in [9.17, 15) is 14.7 Å². The minimum absolute atomic E-state index is 0.137. The van der Waals surface area contributed by atoms with Crippen LogP contribution in [-0.4, -0.2) is 36.6 Å². The average Bonchev–Trinajstić information content (AvgIpc) is 2.87. The van der Waals surface area contributed by atoms with E-state index in [1.807, 2.05) is 18.4 Å². The molecule has 0 spiro atoms. The summed E-state index contributed by atoms with van der Waals surface area (Å²) in [6.45, 7) is 0. The van der Waals surface area contributed by atoms with E-state index < -0.39 is 24.2 Å². The normalized spacial score (nSPS) is 12.6. The number of phenols is 1. The van der Waals surface area contributed by atoms with Crippen LogP contribution in [0.5, 0.6) is 5.75 Å². The third kappa shape index (κ3) is 8.00. The van der Waals surface area contributed by atoms with E-state index in [-0.39, 0.29) is 11.3 Å². The lowest BCUT2D eigenvalue weighted by Gasteiger charge is -2.25. The second-order valence-corrected chi connectivity index (χ2v) is 10.3. The number of nitrogen functional groups attached to an aromatic ring is 1. The van der Waals surface area contributed by atoms with E-state index in [0.717, 1.165) is 4.90 Å². The summed E-state index contributed by atoms with van der Waals surface area (Å²) in [5.74, 6) is -0.598. The SMILES string of the molecule is CO[C@@H](/C=C/C(=O)Nc1ccccc1N)[C@@H](OC(=O)Nc1ccc(SC)cc1)c1cc(Br)cc(Br)c1O. The predicted octanol–water partition coefficient (Wildman–Crippen LogP) is 6.72. The highest BCUT2D eigenvalue weighted by Gasteiger charge is 2.29. The molecule has 0 heterocycles. The lowest BCUT2D eigenvalue weighted by molar-refractivity contribution is -0.112. The number of carbonyl (C=O) groups excluding carboxylic acids is 2. The van der Waals surface area contributed by atoms with Gasteiger partial charge in [-0.2, -0.15) is 0 Å². The van der Waals surface area contributed by atoms with Gasteiger partial charge in [-0.1, -0.05) is 28.1 Å². The van der Waals surface area contributed by atoms with E-state index in [0.29, 0.717) is 26.0 Å². The smallest absolute Gasteiger partial charge is 0.412 e. The molecule has 0 radical (unpaired) electrons. The summed E-state index contributed by atoms with van der Waals surface area (Å²) in [5.41, 5.74) is 7.56. The quantitative estimate of drug-likeness (QED) is 0.115. The number of para-hydroxylation sites is 2. The van der Waals surface area contributed by atoms with Crippen LogP contribution in [-0.2, 0) is 14.3 Å². The molecular formula is C26H25Br2N3O5S. The van der Waals surface area contributed by atoms with Crippen molar-refractivity contribution in [2.24, 2.45) is 0 Å². The summed E-state index contributed by atoms with van der Waals surface area (Å²) in [6, 6.07) is 17.4. The fourth-order valence-corrected chi connectivity index (χ4v) is 4.98. The Hall–Kier alpha value is -2.99. The minimum Gasteiger partial charge on any atom is -0.506 e. The van der Waals surface area contributed by atoms with Gasteiger partial charge in [0, 0.05) is 33.8 Å². The molecule has 0 fully saturated rings. The zero-order chi connectivity index (χ0) is 26.9. The van der Waals surface area contributed by atoms with Crippen LogP contribution < -0.4 is 16.4 Å². The highest BCUT2D eigenvalue weighted by molar-refractivity contribution is 9.11. The van der Waals surface area contributed by atoms with E-state index in [1.165, 1.54) is 19.3 Å². The Morgan fingerprint density at radius 3 is 2.43 bits per heavy atom.